The standard InChI is InChI=1S/C66H38O/c1-4-11-39(12-5-1)47-17-10-18-57-51(47)35-36-58-65-59(52-30-22-45-24-32-54-49(41-15-8-3-9-16-41)28-20-43-26-34-56(52)64(45)62(43)54)37-46(38-60(65)67-66(57)58)50-29-21-44-23-31-53-48(40-13-6-2-7-14-40)27-19-42-25-33-55(50)63(44)61(42)53/h1-38H. The van der Waals surface area contributed by atoms with E-state index in [1.807, 2.05) is 0 Å². The molecule has 0 aliphatic carbocycles. The third kappa shape index (κ3) is 5.25. The third-order valence-electron chi connectivity index (χ3n) is 14.8. The van der Waals surface area contributed by atoms with E-state index in [9.17, 15) is 0 Å². The molecule has 0 fully saturated rings. The summed E-state index contributed by atoms with van der Waals surface area (Å²) >= 11 is 0. The Balaban J connectivity index is 1.04. The molecule has 1 heteroatoms. The molecule has 0 amide bonds. The number of rotatable bonds is 5. The van der Waals surface area contributed by atoms with E-state index in [0.717, 1.165) is 32.9 Å². The summed E-state index contributed by atoms with van der Waals surface area (Å²) in [6.07, 6.45) is 0. The third-order valence-corrected chi connectivity index (χ3v) is 14.8. The number of fused-ring (bicyclic) bond motifs is 5. The molecule has 0 bridgehead atoms. The Morgan fingerprint density at radius 1 is 0.209 bits per heavy atom. The number of hydrogen-bond acceptors (Lipinski definition) is 1. The van der Waals surface area contributed by atoms with Crippen LogP contribution in [-0.2, 0) is 0 Å². The lowest BCUT2D eigenvalue weighted by Gasteiger charge is -2.18. The van der Waals surface area contributed by atoms with Crippen LogP contribution in [0, 0.1) is 0 Å². The summed E-state index contributed by atoms with van der Waals surface area (Å²) < 4.78 is 7.26. The van der Waals surface area contributed by atoms with Crippen LogP contribution >= 0.6 is 0 Å². The predicted molar refractivity (Wildman–Crippen MR) is 286 cm³/mol. The Morgan fingerprint density at radius 3 is 1.09 bits per heavy atom. The van der Waals surface area contributed by atoms with E-state index < -0.39 is 0 Å². The lowest BCUT2D eigenvalue weighted by atomic mass is 9.84. The Hall–Kier alpha value is -8.78. The van der Waals surface area contributed by atoms with Gasteiger partial charge in [0.05, 0.1) is 0 Å². The maximum atomic E-state index is 7.26. The summed E-state index contributed by atoms with van der Waals surface area (Å²) in [6, 6.07) is 85.3. The van der Waals surface area contributed by atoms with E-state index in [-0.39, 0.29) is 0 Å². The van der Waals surface area contributed by atoms with Gasteiger partial charge in [0.25, 0.3) is 0 Å². The van der Waals surface area contributed by atoms with Crippen LogP contribution in [0.5, 0.6) is 0 Å². The fourth-order valence-corrected chi connectivity index (χ4v) is 11.8. The summed E-state index contributed by atoms with van der Waals surface area (Å²) in [5, 5.41) is 19.8. The highest BCUT2D eigenvalue weighted by molar-refractivity contribution is 6.31. The van der Waals surface area contributed by atoms with E-state index in [0.29, 0.717) is 0 Å². The molecule has 1 heterocycles. The second-order valence-electron chi connectivity index (χ2n) is 18.2. The molecular weight excluding hydrogens is 809 g/mol. The molecule has 14 aromatic carbocycles. The zero-order valence-electron chi connectivity index (χ0n) is 36.3. The van der Waals surface area contributed by atoms with Gasteiger partial charge in [0.2, 0.25) is 0 Å². The number of hydrogen-bond donors (Lipinski definition) is 0. The fraction of sp³-hybridized carbons (Fsp3) is 0. The molecule has 0 spiro atoms. The highest BCUT2D eigenvalue weighted by Gasteiger charge is 2.23. The Morgan fingerprint density at radius 2 is 0.597 bits per heavy atom. The zero-order chi connectivity index (χ0) is 43.7. The van der Waals surface area contributed by atoms with Crippen LogP contribution in [-0.4, -0.2) is 0 Å². The summed E-state index contributed by atoms with van der Waals surface area (Å²) in [6.45, 7) is 0. The minimum absolute atomic E-state index is 0.884. The molecule has 15 rings (SSSR count). The number of benzene rings is 14. The first-order valence-corrected chi connectivity index (χ1v) is 23.2. The molecular formula is C66H38O. The van der Waals surface area contributed by atoms with Crippen molar-refractivity contribution in [1.29, 1.82) is 0 Å². The first-order valence-electron chi connectivity index (χ1n) is 23.2. The Labute approximate surface area is 386 Å². The topological polar surface area (TPSA) is 13.1 Å². The van der Waals surface area contributed by atoms with Gasteiger partial charge in [-0.25, -0.2) is 0 Å². The van der Waals surface area contributed by atoms with Crippen molar-refractivity contribution in [2.24, 2.45) is 0 Å². The van der Waals surface area contributed by atoms with Crippen LogP contribution in [0.2, 0.25) is 0 Å². The molecule has 0 aliphatic rings. The van der Waals surface area contributed by atoms with Crippen LogP contribution in [0.1, 0.15) is 0 Å². The molecule has 0 saturated heterocycles. The van der Waals surface area contributed by atoms with E-state index >= 15 is 0 Å². The van der Waals surface area contributed by atoms with Gasteiger partial charge in [0.1, 0.15) is 11.2 Å². The van der Waals surface area contributed by atoms with Crippen LogP contribution < -0.4 is 0 Å². The lowest BCUT2D eigenvalue weighted by Crippen LogP contribution is -1.91. The van der Waals surface area contributed by atoms with Crippen LogP contribution in [0.3, 0.4) is 0 Å². The smallest absolute Gasteiger partial charge is 0.143 e. The average Bonchev–Trinajstić information content (AvgIpc) is 3.79. The van der Waals surface area contributed by atoms with E-state index in [4.69, 9.17) is 4.42 Å². The van der Waals surface area contributed by atoms with E-state index in [2.05, 4.69) is 231 Å². The quantitative estimate of drug-likeness (QED) is 0.157. The Bertz CT molecular complexity index is 4470. The van der Waals surface area contributed by atoms with Gasteiger partial charge >= 0.3 is 0 Å². The van der Waals surface area contributed by atoms with Gasteiger partial charge in [-0.3, -0.25) is 0 Å². The summed E-state index contributed by atoms with van der Waals surface area (Å²) in [5.41, 5.74) is 13.9. The van der Waals surface area contributed by atoms with Crippen molar-refractivity contribution in [3.63, 3.8) is 0 Å². The number of furan rings is 1. The monoisotopic (exact) mass is 846 g/mol. The minimum atomic E-state index is 0.884. The van der Waals surface area contributed by atoms with Crippen molar-refractivity contribution in [2.45, 2.75) is 0 Å². The summed E-state index contributed by atoms with van der Waals surface area (Å²) in [4.78, 5) is 0. The second kappa shape index (κ2) is 13.9. The molecule has 67 heavy (non-hydrogen) atoms. The Kier molecular flexibility index (Phi) is 7.56. The summed E-state index contributed by atoms with van der Waals surface area (Å²) in [7, 11) is 0. The van der Waals surface area contributed by atoms with Crippen LogP contribution in [0.4, 0.5) is 0 Å². The van der Waals surface area contributed by atoms with Crippen molar-refractivity contribution < 1.29 is 4.42 Å². The highest BCUT2D eigenvalue weighted by Crippen LogP contribution is 2.49. The molecule has 1 aromatic heterocycles. The molecule has 0 atom stereocenters. The largest absolute Gasteiger partial charge is 0.455 e. The van der Waals surface area contributed by atoms with E-state index in [1.165, 1.54) is 120 Å². The molecule has 0 radical (unpaired) electrons. The SMILES string of the molecule is c1ccc(-c2cccc3c2ccc2c3oc3cc(-c4ccc5ccc6c(-c7ccccc7)ccc7ccc4c5c76)cc(-c4ccc5ccc6c(-c7ccccc7)ccc7ccc4c5c76)c32)cc1. The van der Waals surface area contributed by atoms with Gasteiger partial charge in [0.15, 0.2) is 0 Å². The average molecular weight is 847 g/mol. The van der Waals surface area contributed by atoms with Crippen LogP contribution in [0.25, 0.3) is 153 Å². The maximum Gasteiger partial charge on any atom is 0.143 e. The van der Waals surface area contributed by atoms with Crippen molar-refractivity contribution in [1.82, 2.24) is 0 Å². The van der Waals surface area contributed by atoms with Crippen molar-refractivity contribution in [3.05, 3.63) is 231 Å². The van der Waals surface area contributed by atoms with Gasteiger partial charge in [0, 0.05) is 16.2 Å². The second-order valence-corrected chi connectivity index (χ2v) is 18.2. The molecule has 0 aliphatic heterocycles. The fourth-order valence-electron chi connectivity index (χ4n) is 11.8. The molecule has 0 unspecified atom stereocenters. The van der Waals surface area contributed by atoms with Gasteiger partial charge in [-0.2, -0.15) is 0 Å². The van der Waals surface area contributed by atoms with Gasteiger partial charge < -0.3 is 4.42 Å². The van der Waals surface area contributed by atoms with Gasteiger partial charge in [-0.05, 0) is 144 Å². The molecule has 1 nitrogen and oxygen atoms in total. The highest BCUT2D eigenvalue weighted by atomic mass is 16.3. The van der Waals surface area contributed by atoms with Crippen molar-refractivity contribution >= 4 is 97.3 Å². The summed E-state index contributed by atoms with van der Waals surface area (Å²) in [5.74, 6) is 0. The maximum absolute atomic E-state index is 7.26. The van der Waals surface area contributed by atoms with Gasteiger partial charge in [-0.15, -0.1) is 0 Å². The van der Waals surface area contributed by atoms with E-state index in [1.54, 1.807) is 0 Å². The normalized spacial score (nSPS) is 12.2. The molecule has 0 saturated carbocycles. The first-order chi connectivity index (χ1) is 33.2. The van der Waals surface area contributed by atoms with Crippen molar-refractivity contribution in [2.75, 3.05) is 0 Å². The van der Waals surface area contributed by atoms with Crippen molar-refractivity contribution in [3.8, 4) is 55.6 Å². The van der Waals surface area contributed by atoms with Gasteiger partial charge in [-0.1, -0.05) is 212 Å². The molecule has 308 valence electrons. The molecule has 0 N–H and O–H groups in total. The van der Waals surface area contributed by atoms with Crippen LogP contribution in [0.15, 0.2) is 235 Å². The minimum Gasteiger partial charge on any atom is -0.455 e. The predicted octanol–water partition coefficient (Wildman–Crippen LogP) is 18.9. The lowest BCUT2D eigenvalue weighted by molar-refractivity contribution is 0.673. The first kappa shape index (κ1) is 36.5. The molecule has 15 aromatic rings. The zero-order valence-corrected chi connectivity index (χ0v) is 36.3.